The lowest BCUT2D eigenvalue weighted by atomic mass is 9.93. The zero-order chi connectivity index (χ0) is 14.1. The first kappa shape index (κ1) is 16.1. The van der Waals surface area contributed by atoms with Crippen LogP contribution in [-0.4, -0.2) is 35.5 Å². The monoisotopic (exact) mass is 315 g/mol. The molecule has 21 heavy (non-hydrogen) atoms. The van der Waals surface area contributed by atoms with Crippen LogP contribution in [0.25, 0.3) is 0 Å². The number of likely N-dealkylation sites (tertiary alicyclic amines) is 1. The number of nitrogens with zero attached hydrogens (tertiary/aromatic N) is 2. The maximum atomic E-state index is 13.3. The van der Waals surface area contributed by atoms with Crippen molar-refractivity contribution in [3.05, 3.63) is 39.7 Å². The van der Waals surface area contributed by atoms with Gasteiger partial charge in [0, 0.05) is 30.8 Å². The van der Waals surface area contributed by atoms with Gasteiger partial charge >= 0.3 is 0 Å². The quantitative estimate of drug-likeness (QED) is 0.687. The highest BCUT2D eigenvalue weighted by Crippen LogP contribution is 2.27. The first-order chi connectivity index (χ1) is 9.63. The maximum Gasteiger partial charge on any atom is 0.274 e. The summed E-state index contributed by atoms with van der Waals surface area (Å²) < 4.78 is 13.3. The number of hydrogen-bond acceptors (Lipinski definition) is 4. The normalized spacial score (nSPS) is 25.2. The molecule has 0 spiro atoms. The van der Waals surface area contributed by atoms with Gasteiger partial charge in [-0.1, -0.05) is 0 Å². The lowest BCUT2D eigenvalue weighted by molar-refractivity contribution is -0.385. The van der Waals surface area contributed by atoms with Gasteiger partial charge in [0.1, 0.15) is 5.82 Å². The van der Waals surface area contributed by atoms with Crippen LogP contribution >= 0.6 is 12.4 Å². The summed E-state index contributed by atoms with van der Waals surface area (Å²) in [6.45, 7) is 3.35. The smallest absolute Gasteiger partial charge is 0.274 e. The molecule has 7 heteroatoms. The van der Waals surface area contributed by atoms with E-state index >= 15 is 0 Å². The van der Waals surface area contributed by atoms with E-state index in [0.29, 0.717) is 24.1 Å². The minimum Gasteiger partial charge on any atom is -0.314 e. The van der Waals surface area contributed by atoms with Crippen LogP contribution < -0.4 is 5.32 Å². The molecule has 2 unspecified atom stereocenters. The van der Waals surface area contributed by atoms with Crippen LogP contribution in [-0.2, 0) is 6.54 Å². The molecule has 5 nitrogen and oxygen atoms in total. The van der Waals surface area contributed by atoms with Gasteiger partial charge in [-0.15, -0.1) is 12.4 Å². The molecule has 0 aromatic heterocycles. The van der Waals surface area contributed by atoms with Crippen LogP contribution in [0.15, 0.2) is 18.2 Å². The van der Waals surface area contributed by atoms with Crippen molar-refractivity contribution in [2.45, 2.75) is 25.4 Å². The summed E-state index contributed by atoms with van der Waals surface area (Å²) in [7, 11) is 0. The Morgan fingerprint density at radius 2 is 2.24 bits per heavy atom. The molecule has 1 aromatic rings. The molecular weight excluding hydrogens is 297 g/mol. The summed E-state index contributed by atoms with van der Waals surface area (Å²) in [6.07, 6.45) is 2.22. The average Bonchev–Trinajstić information content (AvgIpc) is 2.85. The number of rotatable bonds is 3. The van der Waals surface area contributed by atoms with Crippen molar-refractivity contribution >= 4 is 18.1 Å². The van der Waals surface area contributed by atoms with Crippen LogP contribution in [0.4, 0.5) is 10.1 Å². The molecule has 1 N–H and O–H groups in total. The molecule has 1 aromatic carbocycles. The fourth-order valence-corrected chi connectivity index (χ4v) is 3.37. The number of hydrogen-bond donors (Lipinski definition) is 1. The molecule has 2 saturated heterocycles. The third-order valence-electron chi connectivity index (χ3n) is 4.37. The summed E-state index contributed by atoms with van der Waals surface area (Å²) in [5.74, 6) is 0.208. The van der Waals surface area contributed by atoms with Crippen LogP contribution in [0.5, 0.6) is 0 Å². The fraction of sp³-hybridized carbons (Fsp3) is 0.571. The number of nitro benzene ring substituents is 1. The molecular formula is C14H19ClFN3O2. The van der Waals surface area contributed by atoms with E-state index in [0.717, 1.165) is 38.5 Å². The van der Waals surface area contributed by atoms with E-state index < -0.39 is 10.7 Å². The summed E-state index contributed by atoms with van der Waals surface area (Å²) in [4.78, 5) is 12.8. The Balaban J connectivity index is 0.00000161. The minimum atomic E-state index is -0.432. The Bertz CT molecular complexity index is 529. The molecule has 2 fully saturated rings. The Labute approximate surface area is 129 Å². The highest BCUT2D eigenvalue weighted by atomic mass is 35.5. The van der Waals surface area contributed by atoms with E-state index in [1.54, 1.807) is 0 Å². The van der Waals surface area contributed by atoms with Crippen molar-refractivity contribution in [2.24, 2.45) is 5.92 Å². The van der Waals surface area contributed by atoms with E-state index in [9.17, 15) is 14.5 Å². The lowest BCUT2D eigenvalue weighted by Gasteiger charge is -2.34. The Morgan fingerprint density at radius 3 is 3.00 bits per heavy atom. The molecule has 2 aliphatic heterocycles. The van der Waals surface area contributed by atoms with Crippen molar-refractivity contribution in [1.82, 2.24) is 10.2 Å². The van der Waals surface area contributed by atoms with Crippen molar-refractivity contribution in [1.29, 1.82) is 0 Å². The number of nitrogens with one attached hydrogen (secondary N) is 1. The van der Waals surface area contributed by atoms with Gasteiger partial charge in [0.15, 0.2) is 0 Å². The van der Waals surface area contributed by atoms with E-state index in [1.165, 1.54) is 12.1 Å². The van der Waals surface area contributed by atoms with Gasteiger partial charge < -0.3 is 5.32 Å². The van der Waals surface area contributed by atoms with E-state index in [1.807, 2.05) is 0 Å². The van der Waals surface area contributed by atoms with Gasteiger partial charge in [-0.05, 0) is 44.0 Å². The summed E-state index contributed by atoms with van der Waals surface area (Å²) in [5.41, 5.74) is 0.484. The van der Waals surface area contributed by atoms with Crippen LogP contribution in [0.3, 0.4) is 0 Å². The summed E-state index contributed by atoms with van der Waals surface area (Å²) >= 11 is 0. The third-order valence-corrected chi connectivity index (χ3v) is 4.37. The van der Waals surface area contributed by atoms with Crippen molar-refractivity contribution in [3.8, 4) is 0 Å². The second-order valence-corrected chi connectivity index (χ2v) is 5.66. The predicted molar refractivity (Wildman–Crippen MR) is 80.1 cm³/mol. The first-order valence-corrected chi connectivity index (χ1v) is 7.02. The first-order valence-electron chi connectivity index (χ1n) is 7.02. The molecule has 3 rings (SSSR count). The van der Waals surface area contributed by atoms with Crippen molar-refractivity contribution in [3.63, 3.8) is 0 Å². The van der Waals surface area contributed by atoms with Gasteiger partial charge in [0.2, 0.25) is 0 Å². The van der Waals surface area contributed by atoms with E-state index in [2.05, 4.69) is 10.2 Å². The molecule has 2 aliphatic rings. The molecule has 2 atom stereocenters. The zero-order valence-electron chi connectivity index (χ0n) is 11.6. The van der Waals surface area contributed by atoms with Crippen LogP contribution in [0, 0.1) is 21.8 Å². The molecule has 0 saturated carbocycles. The second-order valence-electron chi connectivity index (χ2n) is 5.66. The predicted octanol–water partition coefficient (Wildman–Crippen LogP) is 2.34. The molecule has 0 aliphatic carbocycles. The van der Waals surface area contributed by atoms with Crippen molar-refractivity contribution in [2.75, 3.05) is 19.6 Å². The highest BCUT2D eigenvalue weighted by molar-refractivity contribution is 5.85. The standard InChI is InChI=1S/C14H18FN3O2.ClH/c15-12-1-2-14(18(19)20)11(7-12)9-17-6-4-13-10(8-17)3-5-16-13;/h1-2,7,10,13,16H,3-6,8-9H2;1H. The van der Waals surface area contributed by atoms with Gasteiger partial charge in [-0.2, -0.15) is 0 Å². The third kappa shape index (κ3) is 3.51. The molecule has 116 valence electrons. The minimum absolute atomic E-state index is 0. The van der Waals surface area contributed by atoms with Gasteiger partial charge in [-0.25, -0.2) is 4.39 Å². The average molecular weight is 316 g/mol. The lowest BCUT2D eigenvalue weighted by Crippen LogP contribution is -2.44. The number of benzene rings is 1. The summed E-state index contributed by atoms with van der Waals surface area (Å²) in [5, 5.41) is 14.5. The fourth-order valence-electron chi connectivity index (χ4n) is 3.37. The van der Waals surface area contributed by atoms with Crippen LogP contribution in [0.2, 0.25) is 0 Å². The van der Waals surface area contributed by atoms with Gasteiger partial charge in [0.25, 0.3) is 5.69 Å². The SMILES string of the molecule is Cl.O=[N+]([O-])c1ccc(F)cc1CN1CCC2NCCC2C1. The number of piperidine rings is 1. The maximum absolute atomic E-state index is 13.3. The van der Waals surface area contributed by atoms with E-state index in [-0.39, 0.29) is 18.1 Å². The molecule has 0 bridgehead atoms. The topological polar surface area (TPSA) is 58.4 Å². The second kappa shape index (κ2) is 6.68. The van der Waals surface area contributed by atoms with E-state index in [4.69, 9.17) is 0 Å². The van der Waals surface area contributed by atoms with Crippen molar-refractivity contribution < 1.29 is 9.31 Å². The molecule has 0 radical (unpaired) electrons. The number of nitro groups is 1. The van der Waals surface area contributed by atoms with Gasteiger partial charge in [0.05, 0.1) is 4.92 Å². The highest BCUT2D eigenvalue weighted by Gasteiger charge is 2.33. The zero-order valence-corrected chi connectivity index (χ0v) is 12.4. The Kier molecular flexibility index (Phi) is 5.13. The molecule has 2 heterocycles. The molecule has 0 amide bonds. The summed E-state index contributed by atoms with van der Waals surface area (Å²) in [6, 6.07) is 4.29. The Morgan fingerprint density at radius 1 is 1.43 bits per heavy atom. The number of halogens is 2. The Hall–Kier alpha value is -1.24. The number of fused-ring (bicyclic) bond motifs is 1. The largest absolute Gasteiger partial charge is 0.314 e. The van der Waals surface area contributed by atoms with Crippen LogP contribution in [0.1, 0.15) is 18.4 Å². The van der Waals surface area contributed by atoms with Gasteiger partial charge in [-0.3, -0.25) is 15.0 Å².